The highest BCUT2D eigenvalue weighted by molar-refractivity contribution is 5.99. The first-order chi connectivity index (χ1) is 8.50. The lowest BCUT2D eigenvalue weighted by atomic mass is 9.89. The van der Waals surface area contributed by atoms with Gasteiger partial charge in [-0.25, -0.2) is 0 Å². The van der Waals surface area contributed by atoms with Gasteiger partial charge in [-0.15, -0.1) is 0 Å². The zero-order chi connectivity index (χ0) is 13.2. The molecule has 1 aliphatic heterocycles. The quantitative estimate of drug-likeness (QED) is 0.701. The van der Waals surface area contributed by atoms with E-state index in [1.54, 1.807) is 0 Å². The number of ketones is 1. The summed E-state index contributed by atoms with van der Waals surface area (Å²) in [6.45, 7) is 6.33. The van der Waals surface area contributed by atoms with Crippen LogP contribution in [-0.4, -0.2) is 11.4 Å². The smallest absolute Gasteiger partial charge is 0.166 e. The van der Waals surface area contributed by atoms with Gasteiger partial charge in [-0.05, 0) is 52.2 Å². The molecule has 0 radical (unpaired) electrons. The third-order valence-electron chi connectivity index (χ3n) is 3.56. The highest BCUT2D eigenvalue weighted by Gasteiger charge is 2.31. The van der Waals surface area contributed by atoms with Crippen molar-refractivity contribution in [3.05, 3.63) is 35.1 Å². The van der Waals surface area contributed by atoms with Gasteiger partial charge < -0.3 is 4.74 Å². The van der Waals surface area contributed by atoms with E-state index in [9.17, 15) is 4.79 Å². The van der Waals surface area contributed by atoms with Crippen LogP contribution < -0.4 is 0 Å². The summed E-state index contributed by atoms with van der Waals surface area (Å²) in [5, 5.41) is 0. The first-order valence-corrected chi connectivity index (χ1v) is 6.78. The van der Waals surface area contributed by atoms with Gasteiger partial charge in [0.2, 0.25) is 0 Å². The Hall–Kier alpha value is -1.31. The lowest BCUT2D eigenvalue weighted by molar-refractivity contribution is -0.116. The lowest BCUT2D eigenvalue weighted by Crippen LogP contribution is -2.31. The Morgan fingerprint density at radius 1 is 1.44 bits per heavy atom. The summed E-state index contributed by atoms with van der Waals surface area (Å²) in [5.74, 6) is 1.15. The number of allylic oxidation sites excluding steroid dienone is 5. The van der Waals surface area contributed by atoms with Gasteiger partial charge in [0.15, 0.2) is 5.78 Å². The van der Waals surface area contributed by atoms with E-state index < -0.39 is 0 Å². The molecule has 18 heavy (non-hydrogen) atoms. The maximum absolute atomic E-state index is 11.7. The predicted octanol–water partition coefficient (Wildman–Crippen LogP) is 4.09. The molecule has 98 valence electrons. The largest absolute Gasteiger partial charge is 0.487 e. The monoisotopic (exact) mass is 246 g/mol. The van der Waals surface area contributed by atoms with Crippen LogP contribution in [-0.2, 0) is 9.53 Å². The van der Waals surface area contributed by atoms with Gasteiger partial charge in [-0.2, -0.15) is 0 Å². The van der Waals surface area contributed by atoms with Gasteiger partial charge in [-0.1, -0.05) is 11.6 Å². The average Bonchev–Trinajstić information content (AvgIpc) is 2.28. The Kier molecular flexibility index (Phi) is 3.74. The van der Waals surface area contributed by atoms with Crippen LogP contribution >= 0.6 is 0 Å². The van der Waals surface area contributed by atoms with E-state index in [0.717, 1.165) is 37.0 Å². The van der Waals surface area contributed by atoms with Gasteiger partial charge in [-0.3, -0.25) is 4.79 Å². The van der Waals surface area contributed by atoms with Gasteiger partial charge >= 0.3 is 0 Å². The van der Waals surface area contributed by atoms with Crippen molar-refractivity contribution < 1.29 is 9.53 Å². The van der Waals surface area contributed by atoms with Crippen LogP contribution in [0.3, 0.4) is 0 Å². The first kappa shape index (κ1) is 13.1. The number of hydrogen-bond donors (Lipinski definition) is 0. The van der Waals surface area contributed by atoms with Crippen molar-refractivity contribution in [1.82, 2.24) is 0 Å². The molecule has 1 atom stereocenters. The van der Waals surface area contributed by atoms with Crippen molar-refractivity contribution in [1.29, 1.82) is 0 Å². The summed E-state index contributed by atoms with van der Waals surface area (Å²) < 4.78 is 6.07. The predicted molar refractivity (Wildman–Crippen MR) is 73.2 cm³/mol. The summed E-state index contributed by atoms with van der Waals surface area (Å²) in [7, 11) is 0. The standard InChI is InChI=1S/C16H22O2/c1-12(2)6-5-10-16(3)11-9-13-14(17)7-4-8-15(13)18-16/h6,9,11H,4-5,7-8,10H2,1-3H3. The summed E-state index contributed by atoms with van der Waals surface area (Å²) in [5.41, 5.74) is 1.90. The fraction of sp³-hybridized carbons (Fsp3) is 0.562. The molecule has 0 aromatic rings. The Morgan fingerprint density at radius 3 is 2.94 bits per heavy atom. The second-order valence-corrected chi connectivity index (χ2v) is 5.68. The summed E-state index contributed by atoms with van der Waals surface area (Å²) in [4.78, 5) is 11.7. The summed E-state index contributed by atoms with van der Waals surface area (Å²) in [6, 6.07) is 0. The van der Waals surface area contributed by atoms with E-state index in [2.05, 4.69) is 26.8 Å². The van der Waals surface area contributed by atoms with Gasteiger partial charge in [0.25, 0.3) is 0 Å². The summed E-state index contributed by atoms with van der Waals surface area (Å²) >= 11 is 0. The molecule has 0 saturated carbocycles. The third-order valence-corrected chi connectivity index (χ3v) is 3.56. The topological polar surface area (TPSA) is 26.3 Å². The highest BCUT2D eigenvalue weighted by Crippen LogP contribution is 2.35. The van der Waals surface area contributed by atoms with E-state index in [4.69, 9.17) is 4.74 Å². The molecular formula is C16H22O2. The molecule has 2 nitrogen and oxygen atoms in total. The third kappa shape index (κ3) is 2.92. The van der Waals surface area contributed by atoms with Crippen LogP contribution in [0.15, 0.2) is 35.1 Å². The average molecular weight is 246 g/mol. The molecule has 1 aliphatic carbocycles. The molecule has 0 aromatic carbocycles. The van der Waals surface area contributed by atoms with E-state index >= 15 is 0 Å². The molecule has 0 spiro atoms. The van der Waals surface area contributed by atoms with Crippen LogP contribution in [0.5, 0.6) is 0 Å². The van der Waals surface area contributed by atoms with Gasteiger partial charge in [0.05, 0.1) is 5.57 Å². The molecule has 2 rings (SSSR count). The van der Waals surface area contributed by atoms with Crippen molar-refractivity contribution >= 4 is 5.78 Å². The number of carbonyl (C=O) groups excluding carboxylic acids is 1. The Balaban J connectivity index is 2.05. The van der Waals surface area contributed by atoms with Crippen molar-refractivity contribution in [3.8, 4) is 0 Å². The second kappa shape index (κ2) is 5.13. The summed E-state index contributed by atoms with van der Waals surface area (Å²) in [6.07, 6.45) is 10.7. The van der Waals surface area contributed by atoms with Crippen LogP contribution in [0.1, 0.15) is 52.9 Å². The Morgan fingerprint density at radius 2 is 2.22 bits per heavy atom. The molecule has 0 bridgehead atoms. The maximum Gasteiger partial charge on any atom is 0.166 e. The normalized spacial score (nSPS) is 26.7. The SMILES string of the molecule is CC(C)=CCCC1(C)C=CC2=C(CCCC2=O)O1. The van der Waals surface area contributed by atoms with Crippen LogP contribution in [0, 0.1) is 0 Å². The molecule has 0 N–H and O–H groups in total. The minimum atomic E-state index is -0.248. The molecular weight excluding hydrogens is 224 g/mol. The number of ether oxygens (including phenoxy) is 1. The fourth-order valence-corrected chi connectivity index (χ4v) is 2.48. The van der Waals surface area contributed by atoms with E-state index in [1.165, 1.54) is 5.57 Å². The fourth-order valence-electron chi connectivity index (χ4n) is 2.48. The van der Waals surface area contributed by atoms with Gasteiger partial charge in [0, 0.05) is 12.8 Å². The van der Waals surface area contributed by atoms with Gasteiger partial charge in [0.1, 0.15) is 11.4 Å². The first-order valence-electron chi connectivity index (χ1n) is 6.78. The molecule has 1 heterocycles. The number of hydrogen-bond acceptors (Lipinski definition) is 2. The van der Waals surface area contributed by atoms with Crippen LogP contribution in [0.25, 0.3) is 0 Å². The van der Waals surface area contributed by atoms with Crippen molar-refractivity contribution in [3.63, 3.8) is 0 Å². The Labute approximate surface area is 109 Å². The number of carbonyl (C=O) groups is 1. The van der Waals surface area contributed by atoms with E-state index in [1.807, 2.05) is 12.2 Å². The van der Waals surface area contributed by atoms with E-state index in [0.29, 0.717) is 6.42 Å². The van der Waals surface area contributed by atoms with Crippen molar-refractivity contribution in [2.75, 3.05) is 0 Å². The second-order valence-electron chi connectivity index (χ2n) is 5.68. The van der Waals surface area contributed by atoms with E-state index in [-0.39, 0.29) is 11.4 Å². The number of Topliss-reactive ketones (excluding diaryl/α,β-unsaturated/α-hetero) is 1. The molecule has 0 amide bonds. The zero-order valence-electron chi connectivity index (χ0n) is 11.6. The maximum atomic E-state index is 11.7. The minimum absolute atomic E-state index is 0.235. The Bertz CT molecular complexity index is 436. The van der Waals surface area contributed by atoms with Crippen molar-refractivity contribution in [2.24, 2.45) is 0 Å². The molecule has 0 fully saturated rings. The molecule has 1 unspecified atom stereocenters. The lowest BCUT2D eigenvalue weighted by Gasteiger charge is -2.34. The van der Waals surface area contributed by atoms with Crippen LogP contribution in [0.2, 0.25) is 0 Å². The molecule has 0 aromatic heterocycles. The molecule has 2 aliphatic rings. The van der Waals surface area contributed by atoms with Crippen LogP contribution in [0.4, 0.5) is 0 Å². The molecule has 0 saturated heterocycles. The molecule has 2 heteroatoms. The highest BCUT2D eigenvalue weighted by atomic mass is 16.5. The minimum Gasteiger partial charge on any atom is -0.487 e. The zero-order valence-corrected chi connectivity index (χ0v) is 11.6. The number of rotatable bonds is 3. The van der Waals surface area contributed by atoms with Crippen molar-refractivity contribution in [2.45, 2.75) is 58.5 Å².